The minimum absolute atomic E-state index is 0.284. The van der Waals surface area contributed by atoms with Crippen LogP contribution >= 0.6 is 0 Å². The Morgan fingerprint density at radius 1 is 1.25 bits per heavy atom. The smallest absolute Gasteiger partial charge is 0.302 e. The van der Waals surface area contributed by atoms with Gasteiger partial charge in [0, 0.05) is 18.9 Å². The lowest BCUT2D eigenvalue weighted by molar-refractivity contribution is -0.142. The van der Waals surface area contributed by atoms with Gasteiger partial charge in [0.1, 0.15) is 5.82 Å². The number of rotatable bonds is 3. The number of guanidine groups is 1. The van der Waals surface area contributed by atoms with Crippen molar-refractivity contribution >= 4 is 29.4 Å². The third-order valence-electron chi connectivity index (χ3n) is 5.40. The molecule has 0 bridgehead atoms. The van der Waals surface area contributed by atoms with Crippen LogP contribution in [0.3, 0.4) is 0 Å². The zero-order chi connectivity index (χ0) is 20.3. The summed E-state index contributed by atoms with van der Waals surface area (Å²) in [6.45, 7) is 4.66. The van der Waals surface area contributed by atoms with Gasteiger partial charge in [-0.15, -0.1) is 0 Å². The first-order valence-corrected chi connectivity index (χ1v) is 8.93. The van der Waals surface area contributed by atoms with E-state index in [1.165, 1.54) is 24.8 Å². The maximum Gasteiger partial charge on any atom is 0.328 e. The van der Waals surface area contributed by atoms with E-state index in [9.17, 15) is 18.8 Å². The number of halogens is 1. The third-order valence-corrected chi connectivity index (χ3v) is 5.40. The van der Waals surface area contributed by atoms with Crippen LogP contribution in [0.15, 0.2) is 41.2 Å². The number of amides is 3. The molecule has 0 saturated carbocycles. The van der Waals surface area contributed by atoms with E-state index in [4.69, 9.17) is 0 Å². The van der Waals surface area contributed by atoms with Crippen LogP contribution < -0.4 is 4.90 Å². The highest BCUT2D eigenvalue weighted by Crippen LogP contribution is 2.37. The van der Waals surface area contributed by atoms with Crippen molar-refractivity contribution in [3.8, 4) is 0 Å². The van der Waals surface area contributed by atoms with Crippen molar-refractivity contribution in [2.45, 2.75) is 39.0 Å². The average Bonchev–Trinajstić information content (AvgIpc) is 3.15. The molecule has 3 aliphatic rings. The van der Waals surface area contributed by atoms with Gasteiger partial charge in [-0.2, -0.15) is 0 Å². The molecule has 3 heterocycles. The molecule has 3 unspecified atom stereocenters. The van der Waals surface area contributed by atoms with E-state index in [0.29, 0.717) is 17.3 Å². The molecule has 4 rings (SSSR count). The Hall–Kier alpha value is -3.23. The number of carbonyl (C=O) groups excluding carboxylic acids is 3. The largest absolute Gasteiger partial charge is 0.328 e. The summed E-state index contributed by atoms with van der Waals surface area (Å²) in [6.07, 6.45) is 0.970. The van der Waals surface area contributed by atoms with Gasteiger partial charge in [-0.3, -0.25) is 19.4 Å². The predicted molar refractivity (Wildman–Crippen MR) is 99.6 cm³/mol. The lowest BCUT2D eigenvalue weighted by atomic mass is 10.1. The molecular formula is C19H20FN5O3. The predicted octanol–water partition coefficient (Wildman–Crippen LogP) is 1.74. The van der Waals surface area contributed by atoms with Gasteiger partial charge >= 0.3 is 6.03 Å². The number of aliphatic imine (C=N–C) groups is 1. The third kappa shape index (κ3) is 2.35. The highest BCUT2D eigenvalue weighted by molar-refractivity contribution is 6.11. The summed E-state index contributed by atoms with van der Waals surface area (Å²) in [6, 6.07) is 4.05. The van der Waals surface area contributed by atoms with Crippen molar-refractivity contribution in [3.05, 3.63) is 42.0 Å². The van der Waals surface area contributed by atoms with Crippen LogP contribution in [0.1, 0.15) is 20.8 Å². The molecule has 3 aliphatic heterocycles. The lowest BCUT2D eigenvalue weighted by Gasteiger charge is -2.41. The quantitative estimate of drug-likeness (QED) is 0.792. The van der Waals surface area contributed by atoms with Crippen molar-refractivity contribution in [1.29, 1.82) is 0 Å². The fourth-order valence-corrected chi connectivity index (χ4v) is 3.79. The number of ketones is 1. The Morgan fingerprint density at radius 2 is 1.93 bits per heavy atom. The van der Waals surface area contributed by atoms with Crippen molar-refractivity contribution in [2.75, 3.05) is 11.9 Å². The number of urea groups is 1. The molecule has 0 N–H and O–H groups in total. The SMILES string of the molecule is CC(=O)C(C)N1C(=O)C2C(N=C3N(c4ccccc4F)C(C)=CN32)N(C)C1=O. The van der Waals surface area contributed by atoms with Gasteiger partial charge in [0.25, 0.3) is 5.91 Å². The Bertz CT molecular complexity index is 959. The van der Waals surface area contributed by atoms with Gasteiger partial charge in [-0.25, -0.2) is 14.2 Å². The second-order valence-corrected chi connectivity index (χ2v) is 7.14. The first kappa shape index (κ1) is 18.1. The number of allylic oxidation sites excluding steroid dienone is 1. The first-order chi connectivity index (χ1) is 13.2. The lowest BCUT2D eigenvalue weighted by Crippen LogP contribution is -2.66. The average molecular weight is 385 g/mol. The van der Waals surface area contributed by atoms with Crippen LogP contribution in [0.25, 0.3) is 0 Å². The highest BCUT2D eigenvalue weighted by Gasteiger charge is 2.55. The van der Waals surface area contributed by atoms with Gasteiger partial charge in [0.15, 0.2) is 18.0 Å². The van der Waals surface area contributed by atoms with Gasteiger partial charge in [0.05, 0.1) is 11.7 Å². The maximum atomic E-state index is 14.4. The van der Waals surface area contributed by atoms with Crippen molar-refractivity contribution in [3.63, 3.8) is 0 Å². The number of nitrogens with zero attached hydrogens (tertiary/aromatic N) is 5. The summed E-state index contributed by atoms with van der Waals surface area (Å²) in [5.41, 5.74) is 1.01. The Kier molecular flexibility index (Phi) is 3.99. The molecule has 146 valence electrons. The van der Waals surface area contributed by atoms with Gasteiger partial charge in [-0.05, 0) is 32.9 Å². The fraction of sp³-hybridized carbons (Fsp3) is 0.368. The molecular weight excluding hydrogens is 365 g/mol. The van der Waals surface area contributed by atoms with Gasteiger partial charge in [-0.1, -0.05) is 12.1 Å². The molecule has 1 fully saturated rings. The molecule has 1 saturated heterocycles. The van der Waals surface area contributed by atoms with Crippen LogP contribution in [0.5, 0.6) is 0 Å². The molecule has 0 radical (unpaired) electrons. The summed E-state index contributed by atoms with van der Waals surface area (Å²) in [5.74, 6) is -0.817. The summed E-state index contributed by atoms with van der Waals surface area (Å²) in [7, 11) is 1.54. The van der Waals surface area contributed by atoms with E-state index in [1.54, 1.807) is 48.2 Å². The standard InChI is InChI=1S/C19H20FN5O3/c1-10-9-23-15-16(21-18(23)24(10)14-8-6-5-7-13(14)20)22(4)19(28)25(17(15)27)11(2)12(3)26/h5-9,11,15-16H,1-4H3. The summed E-state index contributed by atoms with van der Waals surface area (Å²) < 4.78 is 14.4. The minimum atomic E-state index is -0.872. The number of benzene rings is 1. The molecule has 1 aromatic carbocycles. The van der Waals surface area contributed by atoms with Crippen molar-refractivity contribution in [1.82, 2.24) is 14.7 Å². The maximum absolute atomic E-state index is 14.4. The van der Waals surface area contributed by atoms with Crippen LogP contribution in [0.4, 0.5) is 14.9 Å². The highest BCUT2D eigenvalue weighted by atomic mass is 19.1. The first-order valence-electron chi connectivity index (χ1n) is 8.93. The van der Waals surface area contributed by atoms with Gasteiger partial charge < -0.3 is 9.80 Å². The summed E-state index contributed by atoms with van der Waals surface area (Å²) in [4.78, 5) is 47.9. The molecule has 0 aromatic heterocycles. The second-order valence-electron chi connectivity index (χ2n) is 7.14. The number of Topliss-reactive ketones (excluding diaryl/α,β-unsaturated/α-hetero) is 1. The number of hydrogen-bond donors (Lipinski definition) is 0. The molecule has 8 nitrogen and oxygen atoms in total. The summed E-state index contributed by atoms with van der Waals surface area (Å²) in [5, 5.41) is 0. The van der Waals surface area contributed by atoms with Crippen LogP contribution in [-0.4, -0.2) is 63.7 Å². The number of fused-ring (bicyclic) bond motifs is 3. The molecule has 3 atom stereocenters. The minimum Gasteiger partial charge on any atom is -0.302 e. The molecule has 3 amide bonds. The van der Waals surface area contributed by atoms with E-state index in [0.717, 1.165) is 4.90 Å². The number of imide groups is 1. The number of para-hydroxylation sites is 1. The molecule has 1 aromatic rings. The normalized spacial score (nSPS) is 24.9. The molecule has 28 heavy (non-hydrogen) atoms. The number of likely N-dealkylation sites (N-methyl/N-ethyl adjacent to an activating group) is 1. The topological polar surface area (TPSA) is 76.5 Å². The molecule has 9 heteroatoms. The summed E-state index contributed by atoms with van der Waals surface area (Å²) >= 11 is 0. The van der Waals surface area contributed by atoms with Crippen LogP contribution in [-0.2, 0) is 9.59 Å². The molecule has 0 aliphatic carbocycles. The van der Waals surface area contributed by atoms with Gasteiger partial charge in [0.2, 0.25) is 5.96 Å². The molecule has 0 spiro atoms. The Labute approximate surface area is 161 Å². The van der Waals surface area contributed by atoms with E-state index in [-0.39, 0.29) is 5.78 Å². The zero-order valence-electron chi connectivity index (χ0n) is 16.0. The fourth-order valence-electron chi connectivity index (χ4n) is 3.79. The number of hydrogen-bond acceptors (Lipinski definition) is 6. The second kappa shape index (κ2) is 6.15. The van der Waals surface area contributed by atoms with E-state index in [2.05, 4.69) is 4.99 Å². The monoisotopic (exact) mass is 385 g/mol. The Morgan fingerprint density at radius 3 is 2.57 bits per heavy atom. The van der Waals surface area contributed by atoms with Crippen molar-refractivity contribution < 1.29 is 18.8 Å². The van der Waals surface area contributed by atoms with Crippen molar-refractivity contribution in [2.24, 2.45) is 4.99 Å². The zero-order valence-corrected chi connectivity index (χ0v) is 16.0. The van der Waals surface area contributed by atoms with E-state index >= 15 is 0 Å². The van der Waals surface area contributed by atoms with Crippen LogP contribution in [0, 0.1) is 5.82 Å². The van der Waals surface area contributed by atoms with E-state index < -0.39 is 36.0 Å². The van der Waals surface area contributed by atoms with E-state index in [1.807, 2.05) is 0 Å². The number of anilines is 1. The Balaban J connectivity index is 1.75. The van der Waals surface area contributed by atoms with Crippen LogP contribution in [0.2, 0.25) is 0 Å². The number of carbonyl (C=O) groups is 3.